The Bertz CT molecular complexity index is 512. The monoisotopic (exact) mass is 273 g/mol. The molecular weight excluding hydrogens is 258 g/mol. The highest BCUT2D eigenvalue weighted by Gasteiger charge is 2.21. The lowest BCUT2D eigenvalue weighted by molar-refractivity contribution is 0.0596. The fourth-order valence-corrected chi connectivity index (χ4v) is 2.54. The van der Waals surface area contributed by atoms with Crippen molar-refractivity contribution in [2.45, 2.75) is 4.90 Å². The van der Waals surface area contributed by atoms with Gasteiger partial charge in [0.15, 0.2) is 0 Å². The van der Waals surface area contributed by atoms with Gasteiger partial charge in [-0.25, -0.2) is 17.9 Å². The van der Waals surface area contributed by atoms with Crippen molar-refractivity contribution >= 4 is 16.0 Å². The Hall–Kier alpha value is -1.44. The third-order valence-electron chi connectivity index (χ3n) is 2.18. The van der Waals surface area contributed by atoms with E-state index in [1.807, 2.05) is 0 Å². The zero-order valence-corrected chi connectivity index (χ0v) is 11.0. The first kappa shape index (κ1) is 14.6. The summed E-state index contributed by atoms with van der Waals surface area (Å²) in [6, 6.07) is 5.86. The number of carbonyl (C=O) groups is 1. The van der Waals surface area contributed by atoms with E-state index in [-0.39, 0.29) is 23.6 Å². The van der Waals surface area contributed by atoms with Gasteiger partial charge in [0.2, 0.25) is 10.0 Å². The first-order valence-electron chi connectivity index (χ1n) is 5.19. The second-order valence-corrected chi connectivity index (χ2v) is 5.11. The third-order valence-corrected chi connectivity index (χ3v) is 3.70. The normalized spacial score (nSPS) is 11.2. The lowest BCUT2D eigenvalue weighted by Gasteiger charge is -2.09. The zero-order valence-electron chi connectivity index (χ0n) is 10.2. The summed E-state index contributed by atoms with van der Waals surface area (Å²) in [5, 5.41) is 0. The minimum Gasteiger partial charge on any atom is -0.465 e. The fourth-order valence-electron chi connectivity index (χ4n) is 1.34. The fraction of sp³-hybridized carbons (Fsp3) is 0.364. The minimum atomic E-state index is -3.75. The van der Waals surface area contributed by atoms with Gasteiger partial charge in [0.05, 0.1) is 24.2 Å². The van der Waals surface area contributed by atoms with Crippen molar-refractivity contribution in [1.29, 1.82) is 0 Å². The van der Waals surface area contributed by atoms with Crippen LogP contribution < -0.4 is 4.72 Å². The van der Waals surface area contributed by atoms with Crippen LogP contribution in [0.3, 0.4) is 0 Å². The molecule has 0 radical (unpaired) electrons. The van der Waals surface area contributed by atoms with Crippen LogP contribution in [0.1, 0.15) is 10.4 Å². The standard InChI is InChI=1S/C11H15NO5S/c1-16-8-7-12-18(14,15)10-6-4-3-5-9(10)11(13)17-2/h3-6,12H,7-8H2,1-2H3. The van der Waals surface area contributed by atoms with E-state index in [4.69, 9.17) is 4.74 Å². The van der Waals surface area contributed by atoms with E-state index >= 15 is 0 Å². The largest absolute Gasteiger partial charge is 0.465 e. The van der Waals surface area contributed by atoms with Crippen LogP contribution in [0.2, 0.25) is 0 Å². The maximum atomic E-state index is 12.0. The summed E-state index contributed by atoms with van der Waals surface area (Å²) in [4.78, 5) is 11.4. The number of sulfonamides is 1. The van der Waals surface area contributed by atoms with Crippen molar-refractivity contribution in [3.63, 3.8) is 0 Å². The zero-order chi connectivity index (χ0) is 13.6. The number of methoxy groups -OCH3 is 2. The first-order chi connectivity index (χ1) is 8.53. The number of rotatable bonds is 6. The predicted molar refractivity (Wildman–Crippen MR) is 64.8 cm³/mol. The highest BCUT2D eigenvalue weighted by atomic mass is 32.2. The molecule has 0 heterocycles. The molecular formula is C11H15NO5S. The van der Waals surface area contributed by atoms with E-state index in [0.717, 1.165) is 0 Å². The van der Waals surface area contributed by atoms with Crippen molar-refractivity contribution in [3.05, 3.63) is 29.8 Å². The van der Waals surface area contributed by atoms with E-state index in [0.29, 0.717) is 0 Å². The van der Waals surface area contributed by atoms with Gasteiger partial charge in [-0.2, -0.15) is 0 Å². The van der Waals surface area contributed by atoms with Crippen LogP contribution in [0.25, 0.3) is 0 Å². The molecule has 0 aliphatic rings. The number of benzene rings is 1. The Labute approximate surface area is 106 Å². The average Bonchev–Trinajstić information content (AvgIpc) is 2.38. The molecule has 100 valence electrons. The number of nitrogens with one attached hydrogen (secondary N) is 1. The number of carbonyl (C=O) groups excluding carboxylic acids is 1. The second kappa shape index (κ2) is 6.48. The van der Waals surface area contributed by atoms with E-state index in [1.165, 1.54) is 32.4 Å². The third kappa shape index (κ3) is 3.52. The van der Waals surface area contributed by atoms with Gasteiger partial charge >= 0.3 is 5.97 Å². The molecule has 0 bridgehead atoms. The van der Waals surface area contributed by atoms with E-state index in [1.54, 1.807) is 6.07 Å². The molecule has 0 spiro atoms. The summed E-state index contributed by atoms with van der Waals surface area (Å²) in [6.07, 6.45) is 0. The van der Waals surface area contributed by atoms with Gasteiger partial charge in [-0.15, -0.1) is 0 Å². The van der Waals surface area contributed by atoms with Gasteiger partial charge < -0.3 is 9.47 Å². The molecule has 0 saturated heterocycles. The quantitative estimate of drug-likeness (QED) is 0.599. The number of ether oxygens (including phenoxy) is 2. The number of esters is 1. The molecule has 1 aromatic carbocycles. The Morgan fingerprint density at radius 1 is 1.28 bits per heavy atom. The molecule has 0 aromatic heterocycles. The lowest BCUT2D eigenvalue weighted by atomic mass is 10.2. The Morgan fingerprint density at radius 2 is 1.94 bits per heavy atom. The van der Waals surface area contributed by atoms with Crippen LogP contribution in [-0.2, 0) is 19.5 Å². The molecule has 0 unspecified atom stereocenters. The smallest absolute Gasteiger partial charge is 0.339 e. The van der Waals surface area contributed by atoms with Crippen molar-refractivity contribution in [2.24, 2.45) is 0 Å². The van der Waals surface area contributed by atoms with Gasteiger partial charge in [0.1, 0.15) is 0 Å². The summed E-state index contributed by atoms with van der Waals surface area (Å²) < 4.78 is 35.6. The van der Waals surface area contributed by atoms with Crippen molar-refractivity contribution < 1.29 is 22.7 Å². The lowest BCUT2D eigenvalue weighted by Crippen LogP contribution is -2.28. The number of hydrogen-bond acceptors (Lipinski definition) is 5. The Kier molecular flexibility index (Phi) is 5.26. The van der Waals surface area contributed by atoms with Gasteiger partial charge in [-0.3, -0.25) is 0 Å². The Morgan fingerprint density at radius 3 is 2.56 bits per heavy atom. The van der Waals surface area contributed by atoms with Crippen LogP contribution in [-0.4, -0.2) is 41.8 Å². The maximum Gasteiger partial charge on any atom is 0.339 e. The summed E-state index contributed by atoms with van der Waals surface area (Å²) in [5.74, 6) is -0.692. The van der Waals surface area contributed by atoms with Gasteiger partial charge in [-0.1, -0.05) is 12.1 Å². The summed E-state index contributed by atoms with van der Waals surface area (Å²) >= 11 is 0. The van der Waals surface area contributed by atoms with E-state index < -0.39 is 16.0 Å². The van der Waals surface area contributed by atoms with Crippen LogP contribution in [0.5, 0.6) is 0 Å². The first-order valence-corrected chi connectivity index (χ1v) is 6.67. The van der Waals surface area contributed by atoms with Crippen molar-refractivity contribution in [1.82, 2.24) is 4.72 Å². The summed E-state index contributed by atoms with van der Waals surface area (Å²) in [5.41, 5.74) is 0.00455. The van der Waals surface area contributed by atoms with Gasteiger partial charge in [-0.05, 0) is 12.1 Å². The molecule has 1 aromatic rings. The molecule has 7 heteroatoms. The summed E-state index contributed by atoms with van der Waals surface area (Å²) in [6.45, 7) is 0.383. The SMILES string of the molecule is COCCNS(=O)(=O)c1ccccc1C(=O)OC. The highest BCUT2D eigenvalue weighted by Crippen LogP contribution is 2.15. The molecule has 1 N–H and O–H groups in total. The highest BCUT2D eigenvalue weighted by molar-refractivity contribution is 7.89. The topological polar surface area (TPSA) is 81.7 Å². The van der Waals surface area contributed by atoms with Crippen molar-refractivity contribution in [2.75, 3.05) is 27.4 Å². The number of hydrogen-bond donors (Lipinski definition) is 1. The maximum absolute atomic E-state index is 12.0. The summed E-state index contributed by atoms with van der Waals surface area (Å²) in [7, 11) is -1.08. The van der Waals surface area contributed by atoms with Crippen LogP contribution in [0.4, 0.5) is 0 Å². The van der Waals surface area contributed by atoms with Crippen LogP contribution in [0.15, 0.2) is 29.2 Å². The Balaban J connectivity index is 3.05. The molecule has 0 aliphatic heterocycles. The average molecular weight is 273 g/mol. The minimum absolute atomic E-state index is 0.00455. The molecule has 18 heavy (non-hydrogen) atoms. The van der Waals surface area contributed by atoms with Gasteiger partial charge in [0, 0.05) is 13.7 Å². The van der Waals surface area contributed by atoms with Crippen molar-refractivity contribution in [3.8, 4) is 0 Å². The van der Waals surface area contributed by atoms with E-state index in [9.17, 15) is 13.2 Å². The molecule has 0 fully saturated rings. The second-order valence-electron chi connectivity index (χ2n) is 3.38. The molecule has 0 atom stereocenters. The molecule has 6 nitrogen and oxygen atoms in total. The molecule has 0 saturated carbocycles. The predicted octanol–water partition coefficient (Wildman–Crippen LogP) is 0.398. The molecule has 1 rings (SSSR count). The van der Waals surface area contributed by atoms with Gasteiger partial charge in [0.25, 0.3) is 0 Å². The molecule has 0 amide bonds. The molecule has 0 aliphatic carbocycles. The van der Waals surface area contributed by atoms with E-state index in [2.05, 4.69) is 9.46 Å². The van der Waals surface area contributed by atoms with Crippen LogP contribution in [0, 0.1) is 0 Å². The van der Waals surface area contributed by atoms with Crippen LogP contribution >= 0.6 is 0 Å².